The van der Waals surface area contributed by atoms with E-state index in [-0.39, 0.29) is 18.0 Å². The van der Waals surface area contributed by atoms with Gasteiger partial charge < -0.3 is 16.0 Å². The van der Waals surface area contributed by atoms with Crippen molar-refractivity contribution in [3.8, 4) is 0 Å². The highest BCUT2D eigenvalue weighted by atomic mass is 16.1. The van der Waals surface area contributed by atoms with Crippen molar-refractivity contribution in [1.82, 2.24) is 16.0 Å². The Bertz CT molecular complexity index is 431. The monoisotopic (exact) mass is 261 g/mol. The van der Waals surface area contributed by atoms with Crippen LogP contribution in [0.1, 0.15) is 37.4 Å². The van der Waals surface area contributed by atoms with E-state index < -0.39 is 0 Å². The second-order valence-electron chi connectivity index (χ2n) is 5.32. The number of carbonyl (C=O) groups is 1. The lowest BCUT2D eigenvalue weighted by molar-refractivity contribution is -0.120. The molecule has 1 aromatic rings. The highest BCUT2D eigenvalue weighted by Gasteiger charge is 2.18. The van der Waals surface area contributed by atoms with Crippen molar-refractivity contribution in [2.75, 3.05) is 13.1 Å². The summed E-state index contributed by atoms with van der Waals surface area (Å²) in [7, 11) is 0. The number of benzene rings is 1. The molecule has 104 valence electrons. The van der Waals surface area contributed by atoms with Crippen molar-refractivity contribution in [3.05, 3.63) is 35.4 Å². The minimum atomic E-state index is 0.0599. The fourth-order valence-electron chi connectivity index (χ4n) is 2.46. The number of hydrogen-bond donors (Lipinski definition) is 3. The largest absolute Gasteiger partial charge is 0.353 e. The van der Waals surface area contributed by atoms with E-state index in [1.807, 2.05) is 13.8 Å². The van der Waals surface area contributed by atoms with Crippen LogP contribution in [0.3, 0.4) is 0 Å². The summed E-state index contributed by atoms with van der Waals surface area (Å²) in [5, 5.41) is 9.69. The smallest absolute Gasteiger partial charge is 0.234 e. The molecule has 0 radical (unpaired) electrons. The van der Waals surface area contributed by atoms with Gasteiger partial charge in [-0.3, -0.25) is 4.79 Å². The molecule has 0 spiro atoms. The second-order valence-corrected chi connectivity index (χ2v) is 5.32. The second kappa shape index (κ2) is 6.68. The number of amides is 1. The molecular weight excluding hydrogens is 238 g/mol. The van der Waals surface area contributed by atoms with Crippen LogP contribution in [0, 0.1) is 0 Å². The van der Waals surface area contributed by atoms with Gasteiger partial charge in [0.25, 0.3) is 0 Å². The summed E-state index contributed by atoms with van der Waals surface area (Å²) >= 11 is 0. The summed E-state index contributed by atoms with van der Waals surface area (Å²) in [5.41, 5.74) is 2.63. The molecule has 1 aromatic carbocycles. The first-order valence-electron chi connectivity index (χ1n) is 6.98. The van der Waals surface area contributed by atoms with Gasteiger partial charge in [-0.25, -0.2) is 0 Å². The van der Waals surface area contributed by atoms with E-state index in [1.165, 1.54) is 11.1 Å². The van der Waals surface area contributed by atoms with Crippen molar-refractivity contribution in [3.63, 3.8) is 0 Å². The van der Waals surface area contributed by atoms with Gasteiger partial charge >= 0.3 is 0 Å². The van der Waals surface area contributed by atoms with E-state index in [4.69, 9.17) is 0 Å². The van der Waals surface area contributed by atoms with Gasteiger partial charge in [-0.15, -0.1) is 0 Å². The first kappa shape index (κ1) is 14.0. The molecular formula is C15H23N3O. The zero-order valence-corrected chi connectivity index (χ0v) is 11.7. The molecule has 1 unspecified atom stereocenters. The third kappa shape index (κ3) is 4.04. The highest BCUT2D eigenvalue weighted by molar-refractivity contribution is 5.78. The lowest BCUT2D eigenvalue weighted by Crippen LogP contribution is -2.39. The van der Waals surface area contributed by atoms with Crippen LogP contribution in [0.5, 0.6) is 0 Å². The zero-order chi connectivity index (χ0) is 13.7. The van der Waals surface area contributed by atoms with Crippen LogP contribution in [0.4, 0.5) is 0 Å². The Balaban J connectivity index is 1.98. The Morgan fingerprint density at radius 1 is 1.42 bits per heavy atom. The van der Waals surface area contributed by atoms with Crippen molar-refractivity contribution < 1.29 is 4.79 Å². The maximum absolute atomic E-state index is 11.7. The zero-order valence-electron chi connectivity index (χ0n) is 11.7. The average Bonchev–Trinajstić information content (AvgIpc) is 2.58. The molecule has 4 heteroatoms. The number of rotatable bonds is 4. The number of carbonyl (C=O) groups excluding carboxylic acids is 1. The van der Waals surface area contributed by atoms with Crippen molar-refractivity contribution in [2.45, 2.75) is 38.9 Å². The van der Waals surface area contributed by atoms with Crippen LogP contribution >= 0.6 is 0 Å². The Morgan fingerprint density at radius 2 is 2.21 bits per heavy atom. The highest BCUT2D eigenvalue weighted by Crippen LogP contribution is 2.23. The van der Waals surface area contributed by atoms with Crippen molar-refractivity contribution in [1.29, 1.82) is 0 Å². The van der Waals surface area contributed by atoms with Crippen LogP contribution in [-0.4, -0.2) is 25.0 Å². The molecule has 1 atom stereocenters. The Hall–Kier alpha value is -1.39. The van der Waals surface area contributed by atoms with Crippen LogP contribution in [0.25, 0.3) is 0 Å². The van der Waals surface area contributed by atoms with E-state index in [9.17, 15) is 4.79 Å². The molecule has 1 amide bonds. The van der Waals surface area contributed by atoms with E-state index in [0.29, 0.717) is 6.54 Å². The van der Waals surface area contributed by atoms with Gasteiger partial charge in [-0.05, 0) is 37.9 Å². The minimum Gasteiger partial charge on any atom is -0.353 e. The first-order valence-corrected chi connectivity index (χ1v) is 6.98. The molecule has 1 aliphatic rings. The van der Waals surface area contributed by atoms with E-state index in [1.54, 1.807) is 0 Å². The molecule has 0 fully saturated rings. The summed E-state index contributed by atoms with van der Waals surface area (Å²) < 4.78 is 0. The van der Waals surface area contributed by atoms with E-state index >= 15 is 0 Å². The standard InChI is InChI=1S/C15H23N3O/c1-11(2)18-15(19)10-17-14-7-8-16-9-12-5-3-4-6-13(12)14/h3-6,11,14,16-17H,7-10H2,1-2H3,(H,18,19). The van der Waals surface area contributed by atoms with Crippen LogP contribution in [-0.2, 0) is 11.3 Å². The van der Waals surface area contributed by atoms with Gasteiger partial charge in [0.05, 0.1) is 6.54 Å². The third-order valence-corrected chi connectivity index (χ3v) is 3.31. The molecule has 3 N–H and O–H groups in total. The van der Waals surface area contributed by atoms with Gasteiger partial charge in [0, 0.05) is 18.6 Å². The van der Waals surface area contributed by atoms with Crippen LogP contribution < -0.4 is 16.0 Å². The SMILES string of the molecule is CC(C)NC(=O)CNC1CCNCc2ccccc21. The summed E-state index contributed by atoms with van der Waals surface area (Å²) in [5.74, 6) is 0.0599. The lowest BCUT2D eigenvalue weighted by Gasteiger charge is -2.19. The van der Waals surface area contributed by atoms with Gasteiger partial charge in [-0.1, -0.05) is 24.3 Å². The topological polar surface area (TPSA) is 53.2 Å². The average molecular weight is 261 g/mol. The molecule has 19 heavy (non-hydrogen) atoms. The minimum absolute atomic E-state index is 0.0599. The molecule has 0 saturated heterocycles. The predicted octanol–water partition coefficient (Wildman–Crippen LogP) is 1.34. The third-order valence-electron chi connectivity index (χ3n) is 3.31. The molecule has 0 saturated carbocycles. The quantitative estimate of drug-likeness (QED) is 0.766. The fraction of sp³-hybridized carbons (Fsp3) is 0.533. The van der Waals surface area contributed by atoms with Crippen molar-refractivity contribution in [2.24, 2.45) is 0 Å². The molecule has 0 bridgehead atoms. The number of hydrogen-bond acceptors (Lipinski definition) is 3. The van der Waals surface area contributed by atoms with E-state index in [2.05, 4.69) is 40.2 Å². The Morgan fingerprint density at radius 3 is 3.00 bits per heavy atom. The fourth-order valence-corrected chi connectivity index (χ4v) is 2.46. The number of nitrogens with one attached hydrogen (secondary N) is 3. The lowest BCUT2D eigenvalue weighted by atomic mass is 9.99. The molecule has 1 aliphatic heterocycles. The molecule has 4 nitrogen and oxygen atoms in total. The molecule has 0 aromatic heterocycles. The van der Waals surface area contributed by atoms with Crippen molar-refractivity contribution >= 4 is 5.91 Å². The summed E-state index contributed by atoms with van der Waals surface area (Å²) in [4.78, 5) is 11.7. The molecule has 2 rings (SSSR count). The van der Waals surface area contributed by atoms with Crippen LogP contribution in [0.2, 0.25) is 0 Å². The van der Waals surface area contributed by atoms with Gasteiger partial charge in [0.15, 0.2) is 0 Å². The van der Waals surface area contributed by atoms with Crippen LogP contribution in [0.15, 0.2) is 24.3 Å². The first-order chi connectivity index (χ1) is 9.16. The summed E-state index contributed by atoms with van der Waals surface area (Å²) in [6.07, 6.45) is 1.01. The molecule has 1 heterocycles. The van der Waals surface area contributed by atoms with E-state index in [0.717, 1.165) is 19.5 Å². The predicted molar refractivity (Wildman–Crippen MR) is 76.8 cm³/mol. The Labute approximate surface area is 115 Å². The van der Waals surface area contributed by atoms with Gasteiger partial charge in [0.1, 0.15) is 0 Å². The normalized spacial score (nSPS) is 18.8. The maximum atomic E-state index is 11.7. The summed E-state index contributed by atoms with van der Waals surface area (Å²) in [6.45, 7) is 6.20. The molecule has 0 aliphatic carbocycles. The Kier molecular flexibility index (Phi) is 4.93. The van der Waals surface area contributed by atoms with Gasteiger partial charge in [0.2, 0.25) is 5.91 Å². The number of fused-ring (bicyclic) bond motifs is 1. The summed E-state index contributed by atoms with van der Waals surface area (Å²) in [6, 6.07) is 8.87. The van der Waals surface area contributed by atoms with Gasteiger partial charge in [-0.2, -0.15) is 0 Å². The maximum Gasteiger partial charge on any atom is 0.234 e.